The summed E-state index contributed by atoms with van der Waals surface area (Å²) < 4.78 is 6.40. The number of nitrogens with one attached hydrogen (secondary N) is 1. The Balaban J connectivity index is 2.00. The average Bonchev–Trinajstić information content (AvgIpc) is 2.44. The zero-order chi connectivity index (χ0) is 14.4. The quantitative estimate of drug-likeness (QED) is 0.641. The van der Waals surface area contributed by atoms with E-state index in [0.29, 0.717) is 6.61 Å². The lowest BCUT2D eigenvalue weighted by molar-refractivity contribution is 0.338. The smallest absolute Gasteiger partial charge is 0.133 e. The van der Waals surface area contributed by atoms with E-state index in [1.54, 1.807) is 6.21 Å². The topological polar surface area (TPSA) is 33.6 Å². The molecule has 0 amide bonds. The molecular formula is C16H17BrN2O. The maximum absolute atomic E-state index is 5.47. The van der Waals surface area contributed by atoms with Crippen molar-refractivity contribution in [2.24, 2.45) is 5.10 Å². The van der Waals surface area contributed by atoms with Crippen LogP contribution in [-0.4, -0.2) is 12.8 Å². The molecule has 2 aromatic carbocycles. The number of aryl methyl sites for hydroxylation is 1. The van der Waals surface area contributed by atoms with Gasteiger partial charge in [0, 0.05) is 0 Å². The van der Waals surface area contributed by atoms with Gasteiger partial charge in [0.05, 0.1) is 23.0 Å². The lowest BCUT2D eigenvalue weighted by atomic mass is 10.2. The first-order chi connectivity index (χ1) is 9.69. The molecule has 0 aliphatic heterocycles. The number of hydrogen-bond donors (Lipinski definition) is 1. The summed E-state index contributed by atoms with van der Waals surface area (Å²) in [5.41, 5.74) is 6.20. The van der Waals surface area contributed by atoms with Crippen molar-refractivity contribution in [1.29, 1.82) is 0 Å². The highest BCUT2D eigenvalue weighted by Gasteiger charge is 2.00. The summed E-state index contributed by atoms with van der Waals surface area (Å²) in [5, 5.41) is 4.22. The van der Waals surface area contributed by atoms with E-state index in [1.807, 2.05) is 49.4 Å². The summed E-state index contributed by atoms with van der Waals surface area (Å²) in [4.78, 5) is 0. The van der Waals surface area contributed by atoms with Crippen LogP contribution in [0.1, 0.15) is 18.1 Å². The van der Waals surface area contributed by atoms with Crippen LogP contribution in [0.25, 0.3) is 0 Å². The molecular weight excluding hydrogens is 316 g/mol. The van der Waals surface area contributed by atoms with Gasteiger partial charge in [-0.3, -0.25) is 5.43 Å². The normalized spacial score (nSPS) is 10.8. The summed E-state index contributed by atoms with van der Waals surface area (Å²) in [6.45, 7) is 4.68. The van der Waals surface area contributed by atoms with Crippen molar-refractivity contribution in [3.05, 3.63) is 58.1 Å². The number of nitrogens with zero attached hydrogens (tertiary/aromatic N) is 1. The minimum Gasteiger partial charge on any atom is -0.493 e. The van der Waals surface area contributed by atoms with Crippen molar-refractivity contribution in [2.75, 3.05) is 12.0 Å². The van der Waals surface area contributed by atoms with Gasteiger partial charge in [-0.05, 0) is 65.7 Å². The molecule has 0 aliphatic rings. The Bertz CT molecular complexity index is 594. The summed E-state index contributed by atoms with van der Waals surface area (Å²) in [7, 11) is 0. The van der Waals surface area contributed by atoms with Gasteiger partial charge in [-0.2, -0.15) is 5.10 Å². The molecule has 20 heavy (non-hydrogen) atoms. The maximum Gasteiger partial charge on any atom is 0.133 e. The predicted molar refractivity (Wildman–Crippen MR) is 87.7 cm³/mol. The first-order valence-electron chi connectivity index (χ1n) is 6.47. The Kier molecular flexibility index (Phi) is 5.18. The number of hydrazone groups is 1. The highest BCUT2D eigenvalue weighted by Crippen LogP contribution is 2.25. The van der Waals surface area contributed by atoms with Crippen LogP contribution < -0.4 is 10.2 Å². The van der Waals surface area contributed by atoms with E-state index in [2.05, 4.69) is 33.4 Å². The molecule has 0 aliphatic carbocycles. The van der Waals surface area contributed by atoms with Crippen LogP contribution in [0, 0.1) is 6.92 Å². The van der Waals surface area contributed by atoms with Crippen LogP contribution >= 0.6 is 15.9 Å². The van der Waals surface area contributed by atoms with Crippen molar-refractivity contribution in [1.82, 2.24) is 0 Å². The molecule has 0 saturated heterocycles. The van der Waals surface area contributed by atoms with Gasteiger partial charge < -0.3 is 4.74 Å². The van der Waals surface area contributed by atoms with Crippen LogP contribution in [0.15, 0.2) is 52.0 Å². The molecule has 3 nitrogen and oxygen atoms in total. The molecule has 0 saturated carbocycles. The Morgan fingerprint density at radius 3 is 2.60 bits per heavy atom. The third-order valence-corrected chi connectivity index (χ3v) is 3.33. The third kappa shape index (κ3) is 4.10. The highest BCUT2D eigenvalue weighted by atomic mass is 79.9. The van der Waals surface area contributed by atoms with E-state index in [1.165, 1.54) is 5.56 Å². The van der Waals surface area contributed by atoms with Gasteiger partial charge >= 0.3 is 0 Å². The molecule has 0 fully saturated rings. The Morgan fingerprint density at radius 2 is 1.95 bits per heavy atom. The third-order valence-electron chi connectivity index (χ3n) is 2.71. The van der Waals surface area contributed by atoms with Crippen LogP contribution in [-0.2, 0) is 0 Å². The van der Waals surface area contributed by atoms with Crippen molar-refractivity contribution >= 4 is 27.8 Å². The molecule has 0 heterocycles. The molecule has 0 spiro atoms. The summed E-state index contributed by atoms with van der Waals surface area (Å²) in [5.74, 6) is 0.844. The number of rotatable bonds is 5. The molecule has 1 N–H and O–H groups in total. The number of halogens is 1. The maximum atomic E-state index is 5.47. The Hall–Kier alpha value is -1.81. The number of benzene rings is 2. The van der Waals surface area contributed by atoms with Gasteiger partial charge in [0.2, 0.25) is 0 Å². The summed E-state index contributed by atoms with van der Waals surface area (Å²) in [6, 6.07) is 14.0. The fraction of sp³-hybridized carbons (Fsp3) is 0.188. The minimum absolute atomic E-state index is 0.654. The van der Waals surface area contributed by atoms with E-state index >= 15 is 0 Å². The second kappa shape index (κ2) is 7.10. The van der Waals surface area contributed by atoms with Crippen molar-refractivity contribution in [3.8, 4) is 5.75 Å². The van der Waals surface area contributed by atoms with Gasteiger partial charge in [-0.25, -0.2) is 0 Å². The van der Waals surface area contributed by atoms with Gasteiger partial charge in [-0.1, -0.05) is 17.7 Å². The molecule has 0 unspecified atom stereocenters. The summed E-state index contributed by atoms with van der Waals surface area (Å²) in [6.07, 6.45) is 1.78. The van der Waals surface area contributed by atoms with Crippen LogP contribution in [0.5, 0.6) is 5.75 Å². The van der Waals surface area contributed by atoms with E-state index < -0.39 is 0 Å². The number of ether oxygens (including phenoxy) is 1. The largest absolute Gasteiger partial charge is 0.493 e. The molecule has 0 atom stereocenters. The lowest BCUT2D eigenvalue weighted by Crippen LogP contribution is -1.94. The zero-order valence-electron chi connectivity index (χ0n) is 11.6. The van der Waals surface area contributed by atoms with E-state index in [-0.39, 0.29) is 0 Å². The minimum atomic E-state index is 0.654. The molecule has 2 rings (SSSR count). The monoisotopic (exact) mass is 332 g/mol. The highest BCUT2D eigenvalue weighted by molar-refractivity contribution is 9.10. The Labute approximate surface area is 127 Å². The second-order valence-corrected chi connectivity index (χ2v) is 5.21. The van der Waals surface area contributed by atoms with E-state index in [0.717, 1.165) is 21.5 Å². The fourth-order valence-corrected chi connectivity index (χ4v) is 2.19. The van der Waals surface area contributed by atoms with Gasteiger partial charge in [0.1, 0.15) is 5.75 Å². The molecule has 0 bridgehead atoms. The lowest BCUT2D eigenvalue weighted by Gasteiger charge is -2.06. The average molecular weight is 333 g/mol. The summed E-state index contributed by atoms with van der Waals surface area (Å²) >= 11 is 3.49. The van der Waals surface area contributed by atoms with Crippen molar-refractivity contribution in [2.45, 2.75) is 13.8 Å². The SMILES string of the molecule is CCOc1ccc(/C=N/Nc2ccc(C)cc2)cc1Br. The molecule has 4 heteroatoms. The number of hydrogen-bond acceptors (Lipinski definition) is 3. The van der Waals surface area contributed by atoms with Crippen LogP contribution in [0.3, 0.4) is 0 Å². The van der Waals surface area contributed by atoms with Crippen LogP contribution in [0.2, 0.25) is 0 Å². The molecule has 2 aromatic rings. The first-order valence-corrected chi connectivity index (χ1v) is 7.26. The molecule has 104 valence electrons. The van der Waals surface area contributed by atoms with Gasteiger partial charge in [-0.15, -0.1) is 0 Å². The fourth-order valence-electron chi connectivity index (χ4n) is 1.68. The van der Waals surface area contributed by atoms with Gasteiger partial charge in [0.25, 0.3) is 0 Å². The zero-order valence-corrected chi connectivity index (χ0v) is 13.1. The first kappa shape index (κ1) is 14.6. The Morgan fingerprint density at radius 1 is 1.20 bits per heavy atom. The standard InChI is InChI=1S/C16H17BrN2O/c1-3-20-16-9-6-13(10-15(16)17)11-18-19-14-7-4-12(2)5-8-14/h4-11,19H,3H2,1-2H3/b18-11+. The molecule has 0 aromatic heterocycles. The van der Waals surface area contributed by atoms with Crippen LogP contribution in [0.4, 0.5) is 5.69 Å². The second-order valence-electron chi connectivity index (χ2n) is 4.36. The predicted octanol–water partition coefficient (Wildman–Crippen LogP) is 4.60. The van der Waals surface area contributed by atoms with Crippen molar-refractivity contribution in [3.63, 3.8) is 0 Å². The van der Waals surface area contributed by atoms with Crippen molar-refractivity contribution < 1.29 is 4.74 Å². The van der Waals surface area contributed by atoms with Gasteiger partial charge in [0.15, 0.2) is 0 Å². The number of anilines is 1. The van der Waals surface area contributed by atoms with E-state index in [9.17, 15) is 0 Å². The molecule has 0 radical (unpaired) electrons. The van der Waals surface area contributed by atoms with E-state index in [4.69, 9.17) is 4.74 Å².